The number of anilines is 1. The summed E-state index contributed by atoms with van der Waals surface area (Å²) in [5.41, 5.74) is 8.90. The van der Waals surface area contributed by atoms with E-state index in [0.29, 0.717) is 5.82 Å². The van der Waals surface area contributed by atoms with Crippen molar-refractivity contribution in [2.75, 3.05) is 5.73 Å². The van der Waals surface area contributed by atoms with Crippen molar-refractivity contribution in [1.82, 2.24) is 9.78 Å². The van der Waals surface area contributed by atoms with Gasteiger partial charge in [-0.3, -0.25) is 0 Å². The Labute approximate surface area is 131 Å². The zero-order valence-electron chi connectivity index (χ0n) is 9.68. The van der Waals surface area contributed by atoms with Gasteiger partial charge in [0.1, 0.15) is 5.82 Å². The number of hydrogen-bond donors (Lipinski definition) is 1. The van der Waals surface area contributed by atoms with E-state index in [9.17, 15) is 0 Å². The molecule has 0 aliphatic heterocycles. The zero-order valence-corrected chi connectivity index (χ0v) is 13.7. The Kier molecular flexibility index (Phi) is 3.47. The summed E-state index contributed by atoms with van der Waals surface area (Å²) < 4.78 is 3.84. The van der Waals surface area contributed by atoms with Gasteiger partial charge in [-0.2, -0.15) is 5.10 Å². The highest BCUT2D eigenvalue weighted by Crippen LogP contribution is 2.38. The first kappa shape index (κ1) is 12.9. The van der Waals surface area contributed by atoms with Gasteiger partial charge in [-0.1, -0.05) is 18.2 Å². The molecule has 0 radical (unpaired) electrons. The van der Waals surface area contributed by atoms with Crippen molar-refractivity contribution < 1.29 is 0 Å². The number of nitrogens with zero attached hydrogens (tertiary/aromatic N) is 2. The van der Waals surface area contributed by atoms with Crippen LogP contribution in [0.3, 0.4) is 0 Å². The highest BCUT2D eigenvalue weighted by atomic mass is 79.9. The maximum atomic E-state index is 6.04. The van der Waals surface area contributed by atoms with Gasteiger partial charge >= 0.3 is 0 Å². The van der Waals surface area contributed by atoms with Gasteiger partial charge in [-0.15, -0.1) is 11.3 Å². The van der Waals surface area contributed by atoms with Gasteiger partial charge in [0.25, 0.3) is 0 Å². The molecule has 0 spiro atoms. The Morgan fingerprint density at radius 1 is 1.11 bits per heavy atom. The lowest BCUT2D eigenvalue weighted by Gasteiger charge is -2.02. The predicted molar refractivity (Wildman–Crippen MR) is 86.7 cm³/mol. The van der Waals surface area contributed by atoms with Crippen LogP contribution in [0.2, 0.25) is 0 Å². The number of aromatic nitrogens is 2. The summed E-state index contributed by atoms with van der Waals surface area (Å²) in [6.07, 6.45) is 0. The summed E-state index contributed by atoms with van der Waals surface area (Å²) in [7, 11) is 0. The summed E-state index contributed by atoms with van der Waals surface area (Å²) in [5, 5.41) is 4.57. The van der Waals surface area contributed by atoms with E-state index in [1.807, 2.05) is 42.5 Å². The second-order valence-electron chi connectivity index (χ2n) is 3.94. The number of nitrogen functional groups attached to an aromatic ring is 1. The van der Waals surface area contributed by atoms with E-state index >= 15 is 0 Å². The maximum Gasteiger partial charge on any atom is 0.127 e. The fraction of sp³-hybridized carbons (Fsp3) is 0. The van der Waals surface area contributed by atoms with Crippen molar-refractivity contribution in [3.8, 4) is 16.9 Å². The standard InChI is InChI=1S/C13H9Br2N3S/c14-11-6-9(13(15)19-11)10-7-12(16)18(17-10)8-4-2-1-3-5-8/h1-7H,16H2. The molecule has 96 valence electrons. The summed E-state index contributed by atoms with van der Waals surface area (Å²) in [6, 6.07) is 13.8. The lowest BCUT2D eigenvalue weighted by molar-refractivity contribution is 0.895. The summed E-state index contributed by atoms with van der Waals surface area (Å²) in [4.78, 5) is 0. The first-order chi connectivity index (χ1) is 9.15. The Bertz CT molecular complexity index is 719. The molecule has 0 saturated carbocycles. The van der Waals surface area contributed by atoms with Crippen LogP contribution in [0.15, 0.2) is 50.0 Å². The number of para-hydroxylation sites is 1. The molecule has 3 nitrogen and oxygen atoms in total. The van der Waals surface area contributed by atoms with Gasteiger partial charge in [-0.25, -0.2) is 4.68 Å². The molecule has 0 saturated heterocycles. The van der Waals surface area contributed by atoms with E-state index in [-0.39, 0.29) is 0 Å². The van der Waals surface area contributed by atoms with E-state index in [4.69, 9.17) is 5.73 Å². The molecule has 0 aliphatic carbocycles. The molecule has 2 heterocycles. The van der Waals surface area contributed by atoms with Crippen molar-refractivity contribution in [3.63, 3.8) is 0 Å². The van der Waals surface area contributed by atoms with E-state index < -0.39 is 0 Å². The average molecular weight is 399 g/mol. The fourth-order valence-corrected chi connectivity index (χ4v) is 4.65. The molecule has 3 aromatic rings. The Morgan fingerprint density at radius 2 is 1.84 bits per heavy atom. The Balaban J connectivity index is 2.10. The molecule has 0 aliphatic rings. The molecular weight excluding hydrogens is 390 g/mol. The molecule has 2 aromatic heterocycles. The minimum absolute atomic E-state index is 0.621. The van der Waals surface area contributed by atoms with Crippen LogP contribution in [0, 0.1) is 0 Å². The quantitative estimate of drug-likeness (QED) is 0.679. The minimum Gasteiger partial charge on any atom is -0.384 e. The van der Waals surface area contributed by atoms with Crippen molar-refractivity contribution >= 4 is 49.0 Å². The van der Waals surface area contributed by atoms with Crippen LogP contribution >= 0.6 is 43.2 Å². The number of halogens is 2. The predicted octanol–water partition coefficient (Wildman–Crippen LogP) is 4.71. The zero-order chi connectivity index (χ0) is 13.4. The van der Waals surface area contributed by atoms with Gasteiger partial charge < -0.3 is 5.73 Å². The Morgan fingerprint density at radius 3 is 2.47 bits per heavy atom. The fourth-order valence-electron chi connectivity index (χ4n) is 1.82. The summed E-state index contributed by atoms with van der Waals surface area (Å²) in [5.74, 6) is 0.621. The van der Waals surface area contributed by atoms with E-state index in [1.165, 1.54) is 0 Å². The van der Waals surface area contributed by atoms with Crippen LogP contribution in [0.1, 0.15) is 0 Å². The summed E-state index contributed by atoms with van der Waals surface area (Å²) in [6.45, 7) is 0. The molecule has 1 aromatic carbocycles. The molecule has 0 atom stereocenters. The highest BCUT2D eigenvalue weighted by Gasteiger charge is 2.13. The molecule has 0 amide bonds. The van der Waals surface area contributed by atoms with Crippen LogP contribution in [0.25, 0.3) is 16.9 Å². The normalized spacial score (nSPS) is 10.8. The smallest absolute Gasteiger partial charge is 0.127 e. The van der Waals surface area contributed by atoms with Gasteiger partial charge in [-0.05, 0) is 50.1 Å². The van der Waals surface area contributed by atoms with Crippen LogP contribution in [-0.2, 0) is 0 Å². The third-order valence-electron chi connectivity index (χ3n) is 2.67. The molecule has 0 unspecified atom stereocenters. The van der Waals surface area contributed by atoms with Gasteiger partial charge in [0.05, 0.1) is 19.0 Å². The van der Waals surface area contributed by atoms with Gasteiger partial charge in [0, 0.05) is 11.6 Å². The van der Waals surface area contributed by atoms with Crippen LogP contribution in [-0.4, -0.2) is 9.78 Å². The van der Waals surface area contributed by atoms with Crippen molar-refractivity contribution in [2.24, 2.45) is 0 Å². The van der Waals surface area contributed by atoms with Crippen molar-refractivity contribution in [3.05, 3.63) is 50.0 Å². The lowest BCUT2D eigenvalue weighted by Crippen LogP contribution is -2.00. The molecule has 0 fully saturated rings. The SMILES string of the molecule is Nc1cc(-c2cc(Br)sc2Br)nn1-c1ccccc1. The van der Waals surface area contributed by atoms with Crippen LogP contribution in [0.5, 0.6) is 0 Å². The largest absolute Gasteiger partial charge is 0.384 e. The molecule has 0 bridgehead atoms. The third kappa shape index (κ3) is 2.48. The minimum atomic E-state index is 0.621. The number of rotatable bonds is 2. The van der Waals surface area contributed by atoms with E-state index in [2.05, 4.69) is 37.0 Å². The van der Waals surface area contributed by atoms with E-state index in [1.54, 1.807) is 16.0 Å². The Hall–Kier alpha value is -1.11. The number of benzene rings is 1. The molecule has 2 N–H and O–H groups in total. The first-order valence-electron chi connectivity index (χ1n) is 5.51. The third-order valence-corrected chi connectivity index (χ3v) is 5.01. The molecule has 6 heteroatoms. The topological polar surface area (TPSA) is 43.8 Å². The monoisotopic (exact) mass is 397 g/mol. The maximum absolute atomic E-state index is 6.04. The number of hydrogen-bond acceptors (Lipinski definition) is 3. The van der Waals surface area contributed by atoms with Crippen LogP contribution in [0.4, 0.5) is 5.82 Å². The second-order valence-corrected chi connectivity index (χ2v) is 7.69. The lowest BCUT2D eigenvalue weighted by atomic mass is 10.2. The number of thiophene rings is 1. The molecule has 3 rings (SSSR count). The first-order valence-corrected chi connectivity index (χ1v) is 7.91. The average Bonchev–Trinajstić information content (AvgIpc) is 2.93. The van der Waals surface area contributed by atoms with Crippen molar-refractivity contribution in [1.29, 1.82) is 0 Å². The molecular formula is C13H9Br2N3S. The molecule has 19 heavy (non-hydrogen) atoms. The highest BCUT2D eigenvalue weighted by molar-refractivity contribution is 9.12. The van der Waals surface area contributed by atoms with E-state index in [0.717, 1.165) is 24.5 Å². The second kappa shape index (κ2) is 5.11. The van der Waals surface area contributed by atoms with Crippen molar-refractivity contribution in [2.45, 2.75) is 0 Å². The van der Waals surface area contributed by atoms with Gasteiger partial charge in [0.2, 0.25) is 0 Å². The van der Waals surface area contributed by atoms with Crippen LogP contribution < -0.4 is 5.73 Å². The number of nitrogens with two attached hydrogens (primary N) is 1. The van der Waals surface area contributed by atoms with Gasteiger partial charge in [0.15, 0.2) is 0 Å². The summed E-state index contributed by atoms with van der Waals surface area (Å²) >= 11 is 8.63.